The Morgan fingerprint density at radius 2 is 2.10 bits per heavy atom. The van der Waals surface area contributed by atoms with E-state index >= 15 is 0 Å². The zero-order chi connectivity index (χ0) is 15.0. The molecule has 0 aliphatic rings. The summed E-state index contributed by atoms with van der Waals surface area (Å²) in [6.45, 7) is 1.48. The monoisotopic (exact) mass is 298 g/mol. The molecule has 0 saturated heterocycles. The molecular weight excluding hydrogens is 284 g/mol. The molecule has 0 aromatic heterocycles. The number of nitriles is 1. The van der Waals surface area contributed by atoms with E-state index in [4.69, 9.17) is 10.00 Å². The number of esters is 1. The molecule has 8 heteroatoms. The highest BCUT2D eigenvalue weighted by Crippen LogP contribution is 2.24. The summed E-state index contributed by atoms with van der Waals surface area (Å²) in [5, 5.41) is 8.45. The SMILES string of the molecule is CCOC(=O)CS(=O)(=O)Nc1ccccc1OCC#N. The number of anilines is 1. The van der Waals surface area contributed by atoms with E-state index in [1.165, 1.54) is 12.1 Å². The van der Waals surface area contributed by atoms with E-state index < -0.39 is 21.7 Å². The average molecular weight is 298 g/mol. The quantitative estimate of drug-likeness (QED) is 0.749. The first kappa shape index (κ1) is 15.8. The predicted molar refractivity (Wildman–Crippen MR) is 71.6 cm³/mol. The van der Waals surface area contributed by atoms with Gasteiger partial charge in [-0.05, 0) is 19.1 Å². The van der Waals surface area contributed by atoms with Gasteiger partial charge in [0, 0.05) is 0 Å². The Labute approximate surface area is 117 Å². The maximum Gasteiger partial charge on any atom is 0.323 e. The molecule has 1 aromatic carbocycles. The molecule has 0 fully saturated rings. The van der Waals surface area contributed by atoms with Gasteiger partial charge in [-0.25, -0.2) is 8.42 Å². The van der Waals surface area contributed by atoms with Gasteiger partial charge >= 0.3 is 5.97 Å². The van der Waals surface area contributed by atoms with Gasteiger partial charge in [-0.1, -0.05) is 12.1 Å². The summed E-state index contributed by atoms with van der Waals surface area (Å²) in [5.74, 6) is -1.41. The highest BCUT2D eigenvalue weighted by Gasteiger charge is 2.19. The third-order valence-electron chi connectivity index (χ3n) is 2.06. The van der Waals surface area contributed by atoms with Crippen molar-refractivity contribution in [1.29, 1.82) is 5.26 Å². The van der Waals surface area contributed by atoms with Crippen molar-refractivity contribution in [1.82, 2.24) is 0 Å². The molecule has 0 heterocycles. The van der Waals surface area contributed by atoms with E-state index in [0.29, 0.717) is 0 Å². The summed E-state index contributed by atoms with van der Waals surface area (Å²) in [6, 6.07) is 8.00. The van der Waals surface area contributed by atoms with Crippen molar-refractivity contribution >= 4 is 21.7 Å². The van der Waals surface area contributed by atoms with Gasteiger partial charge in [0.15, 0.2) is 12.4 Å². The minimum Gasteiger partial charge on any atom is -0.477 e. The van der Waals surface area contributed by atoms with Crippen LogP contribution in [0.5, 0.6) is 5.75 Å². The van der Waals surface area contributed by atoms with Gasteiger partial charge in [0.25, 0.3) is 0 Å². The molecule has 0 saturated carbocycles. The molecule has 0 aliphatic carbocycles. The van der Waals surface area contributed by atoms with Crippen molar-refractivity contribution in [3.8, 4) is 11.8 Å². The van der Waals surface area contributed by atoms with Gasteiger partial charge < -0.3 is 9.47 Å². The number of nitrogens with one attached hydrogen (secondary N) is 1. The van der Waals surface area contributed by atoms with E-state index in [9.17, 15) is 13.2 Å². The van der Waals surface area contributed by atoms with Crippen molar-refractivity contribution in [2.45, 2.75) is 6.92 Å². The van der Waals surface area contributed by atoms with Gasteiger partial charge in [-0.3, -0.25) is 9.52 Å². The molecular formula is C12H14N2O5S. The third kappa shape index (κ3) is 5.16. The fraction of sp³-hybridized carbons (Fsp3) is 0.333. The fourth-order valence-electron chi connectivity index (χ4n) is 1.35. The third-order valence-corrected chi connectivity index (χ3v) is 3.20. The number of benzene rings is 1. The van der Waals surface area contributed by atoms with Crippen molar-refractivity contribution < 1.29 is 22.7 Å². The largest absolute Gasteiger partial charge is 0.477 e. The van der Waals surface area contributed by atoms with Crippen LogP contribution in [0.3, 0.4) is 0 Å². The summed E-state index contributed by atoms with van der Waals surface area (Å²) in [6.07, 6.45) is 0. The van der Waals surface area contributed by atoms with Crippen molar-refractivity contribution in [2.24, 2.45) is 0 Å². The number of hydrogen-bond acceptors (Lipinski definition) is 6. The molecule has 1 N–H and O–H groups in total. The number of para-hydroxylation sites is 2. The second-order valence-corrected chi connectivity index (χ2v) is 5.33. The smallest absolute Gasteiger partial charge is 0.323 e. The Bertz CT molecular complexity index is 607. The zero-order valence-corrected chi connectivity index (χ0v) is 11.6. The number of carbonyl (C=O) groups is 1. The Morgan fingerprint density at radius 3 is 2.75 bits per heavy atom. The van der Waals surface area contributed by atoms with Gasteiger partial charge in [0.05, 0.1) is 12.3 Å². The number of carbonyl (C=O) groups excluding carboxylic acids is 1. The van der Waals surface area contributed by atoms with Crippen LogP contribution in [0.25, 0.3) is 0 Å². The fourth-order valence-corrected chi connectivity index (χ4v) is 2.32. The van der Waals surface area contributed by atoms with E-state index in [1.54, 1.807) is 25.1 Å². The van der Waals surface area contributed by atoms with Crippen LogP contribution >= 0.6 is 0 Å². The number of nitrogens with zero attached hydrogens (tertiary/aromatic N) is 1. The predicted octanol–water partition coefficient (Wildman–Crippen LogP) is 0.894. The molecule has 0 unspecified atom stereocenters. The molecule has 0 radical (unpaired) electrons. The molecule has 0 amide bonds. The lowest BCUT2D eigenvalue weighted by Gasteiger charge is -2.11. The molecule has 108 valence electrons. The van der Waals surface area contributed by atoms with Crippen LogP contribution in [0.1, 0.15) is 6.92 Å². The van der Waals surface area contributed by atoms with E-state index in [2.05, 4.69) is 9.46 Å². The number of rotatable bonds is 7. The molecule has 0 aliphatic heterocycles. The van der Waals surface area contributed by atoms with Crippen molar-refractivity contribution in [2.75, 3.05) is 23.7 Å². The van der Waals surface area contributed by atoms with Crippen LogP contribution in [0.4, 0.5) is 5.69 Å². The van der Waals surface area contributed by atoms with Gasteiger partial charge in [-0.15, -0.1) is 0 Å². The lowest BCUT2D eigenvalue weighted by Crippen LogP contribution is -2.24. The van der Waals surface area contributed by atoms with Crippen LogP contribution < -0.4 is 9.46 Å². The van der Waals surface area contributed by atoms with Crippen molar-refractivity contribution in [3.63, 3.8) is 0 Å². The maximum absolute atomic E-state index is 11.8. The molecule has 1 aromatic rings. The topological polar surface area (TPSA) is 105 Å². The second kappa shape index (κ2) is 7.35. The Kier molecular flexibility index (Phi) is 5.80. The first-order valence-corrected chi connectivity index (χ1v) is 7.38. The summed E-state index contributed by atoms with van der Waals surface area (Å²) < 4.78 is 35.4. The Hall–Kier alpha value is -2.27. The second-order valence-electron chi connectivity index (χ2n) is 3.61. The number of sulfonamides is 1. The normalized spacial score (nSPS) is 10.4. The van der Waals surface area contributed by atoms with Crippen LogP contribution in [0.15, 0.2) is 24.3 Å². The summed E-state index contributed by atoms with van der Waals surface area (Å²) >= 11 is 0. The molecule has 20 heavy (non-hydrogen) atoms. The van der Waals surface area contributed by atoms with E-state index in [-0.39, 0.29) is 24.7 Å². The molecule has 0 spiro atoms. The average Bonchev–Trinajstić information content (AvgIpc) is 2.36. The highest BCUT2D eigenvalue weighted by atomic mass is 32.2. The number of ether oxygens (including phenoxy) is 2. The molecule has 1 rings (SSSR count). The van der Waals surface area contributed by atoms with Crippen molar-refractivity contribution in [3.05, 3.63) is 24.3 Å². The summed E-state index contributed by atoms with van der Waals surface area (Å²) in [7, 11) is -3.89. The highest BCUT2D eigenvalue weighted by molar-refractivity contribution is 7.93. The molecule has 0 bridgehead atoms. The van der Waals surface area contributed by atoms with Gasteiger partial charge in [0.2, 0.25) is 10.0 Å². The minimum atomic E-state index is -3.89. The lowest BCUT2D eigenvalue weighted by molar-refractivity contribution is -0.139. The lowest BCUT2D eigenvalue weighted by atomic mass is 10.3. The van der Waals surface area contributed by atoms with E-state index in [1.807, 2.05) is 0 Å². The minimum absolute atomic E-state index is 0.107. The van der Waals surface area contributed by atoms with Gasteiger partial charge in [-0.2, -0.15) is 5.26 Å². The Morgan fingerprint density at radius 1 is 1.40 bits per heavy atom. The Balaban J connectivity index is 2.82. The first-order valence-electron chi connectivity index (χ1n) is 5.73. The van der Waals surface area contributed by atoms with E-state index in [0.717, 1.165) is 0 Å². The summed E-state index contributed by atoms with van der Waals surface area (Å²) in [5.41, 5.74) is 0.159. The van der Waals surface area contributed by atoms with Crippen LogP contribution in [0, 0.1) is 11.3 Å². The standard InChI is InChI=1S/C12H14N2O5S/c1-2-18-12(15)9-20(16,17)14-10-5-3-4-6-11(10)19-8-7-13/h3-6,14H,2,8-9H2,1H3. The summed E-state index contributed by atoms with van der Waals surface area (Å²) in [4.78, 5) is 11.2. The van der Waals surface area contributed by atoms with Crippen LogP contribution in [-0.4, -0.2) is 33.4 Å². The first-order chi connectivity index (χ1) is 9.48. The van der Waals surface area contributed by atoms with Crippen LogP contribution in [-0.2, 0) is 19.6 Å². The molecule has 0 atom stereocenters. The zero-order valence-electron chi connectivity index (χ0n) is 10.8. The van der Waals surface area contributed by atoms with Crippen LogP contribution in [0.2, 0.25) is 0 Å². The maximum atomic E-state index is 11.8. The number of hydrogen-bond donors (Lipinski definition) is 1. The van der Waals surface area contributed by atoms with Gasteiger partial charge in [0.1, 0.15) is 11.8 Å². The molecule has 7 nitrogen and oxygen atoms in total.